The van der Waals surface area contributed by atoms with Crippen LogP contribution >= 0.6 is 0 Å². The summed E-state index contributed by atoms with van der Waals surface area (Å²) >= 11 is 0. The Hall–Kier alpha value is -1.80. The van der Waals surface area contributed by atoms with Crippen LogP contribution < -0.4 is 4.74 Å². The smallest absolute Gasteiger partial charge is 0.119 e. The van der Waals surface area contributed by atoms with E-state index in [-0.39, 0.29) is 12.2 Å². The Morgan fingerprint density at radius 1 is 0.895 bits per heavy atom. The maximum atomic E-state index is 6.18. The fourth-order valence-corrected chi connectivity index (χ4v) is 2.64. The molecule has 98 valence electrons. The highest BCUT2D eigenvalue weighted by Gasteiger charge is 2.27. The predicted molar refractivity (Wildman–Crippen MR) is 75.2 cm³/mol. The summed E-state index contributed by atoms with van der Waals surface area (Å²) in [6.07, 6.45) is 2.54. The highest BCUT2D eigenvalue weighted by Crippen LogP contribution is 2.41. The van der Waals surface area contributed by atoms with Gasteiger partial charge in [0.25, 0.3) is 0 Å². The molecule has 2 unspecified atom stereocenters. The van der Waals surface area contributed by atoms with E-state index in [1.807, 2.05) is 18.2 Å². The Labute approximate surface area is 114 Å². The first-order valence-corrected chi connectivity index (χ1v) is 6.71. The number of hydrogen-bond acceptors (Lipinski definition) is 2. The van der Waals surface area contributed by atoms with Crippen molar-refractivity contribution >= 4 is 0 Å². The van der Waals surface area contributed by atoms with Crippen LogP contribution in [0.3, 0.4) is 0 Å². The SMILES string of the molecule is COc1cccc(C2CCC(c3ccccc3)O2)c1. The molecule has 1 aliphatic rings. The van der Waals surface area contributed by atoms with E-state index < -0.39 is 0 Å². The second-order valence-electron chi connectivity index (χ2n) is 4.88. The van der Waals surface area contributed by atoms with Gasteiger partial charge in [0.1, 0.15) is 5.75 Å². The molecule has 2 aromatic carbocycles. The molecule has 0 aromatic heterocycles. The van der Waals surface area contributed by atoms with Crippen molar-refractivity contribution in [3.8, 4) is 5.75 Å². The number of benzene rings is 2. The van der Waals surface area contributed by atoms with Crippen LogP contribution in [-0.4, -0.2) is 7.11 Å². The summed E-state index contributed by atoms with van der Waals surface area (Å²) in [5.41, 5.74) is 2.48. The molecule has 0 amide bonds. The van der Waals surface area contributed by atoms with Gasteiger partial charge in [0.15, 0.2) is 0 Å². The van der Waals surface area contributed by atoms with Gasteiger partial charge in [-0.15, -0.1) is 0 Å². The van der Waals surface area contributed by atoms with Crippen molar-refractivity contribution in [1.29, 1.82) is 0 Å². The zero-order chi connectivity index (χ0) is 13.1. The minimum atomic E-state index is 0.181. The van der Waals surface area contributed by atoms with Crippen LogP contribution in [0.4, 0.5) is 0 Å². The van der Waals surface area contributed by atoms with Gasteiger partial charge in [0.2, 0.25) is 0 Å². The van der Waals surface area contributed by atoms with Gasteiger partial charge in [-0.25, -0.2) is 0 Å². The van der Waals surface area contributed by atoms with Crippen LogP contribution in [-0.2, 0) is 4.74 Å². The third-order valence-electron chi connectivity index (χ3n) is 3.66. The molecule has 1 saturated heterocycles. The topological polar surface area (TPSA) is 18.5 Å². The molecular formula is C17H18O2. The van der Waals surface area contributed by atoms with Crippen molar-refractivity contribution in [3.05, 3.63) is 65.7 Å². The molecule has 1 heterocycles. The Balaban J connectivity index is 1.75. The lowest BCUT2D eigenvalue weighted by molar-refractivity contribution is 0.0440. The fourth-order valence-electron chi connectivity index (χ4n) is 2.64. The number of rotatable bonds is 3. The molecule has 0 saturated carbocycles. The molecule has 0 spiro atoms. The second kappa shape index (κ2) is 5.45. The third kappa shape index (κ3) is 2.64. The highest BCUT2D eigenvalue weighted by molar-refractivity contribution is 5.30. The molecule has 0 radical (unpaired) electrons. The van der Waals surface area contributed by atoms with Crippen LogP contribution in [0, 0.1) is 0 Å². The Bertz CT molecular complexity index is 536. The number of ether oxygens (including phenoxy) is 2. The molecule has 2 aromatic rings. The average Bonchev–Trinajstić information content (AvgIpc) is 2.98. The molecule has 1 fully saturated rings. The van der Waals surface area contributed by atoms with Gasteiger partial charge < -0.3 is 9.47 Å². The Kier molecular flexibility index (Phi) is 3.51. The summed E-state index contributed by atoms with van der Waals surface area (Å²) in [7, 11) is 1.70. The molecular weight excluding hydrogens is 236 g/mol. The molecule has 2 atom stereocenters. The van der Waals surface area contributed by atoms with Crippen molar-refractivity contribution in [1.82, 2.24) is 0 Å². The predicted octanol–water partition coefficient (Wildman–Crippen LogP) is 4.29. The quantitative estimate of drug-likeness (QED) is 0.813. The summed E-state index contributed by atoms with van der Waals surface area (Å²) in [5.74, 6) is 0.893. The molecule has 19 heavy (non-hydrogen) atoms. The lowest BCUT2D eigenvalue weighted by Gasteiger charge is -2.15. The van der Waals surface area contributed by atoms with E-state index in [9.17, 15) is 0 Å². The first-order chi connectivity index (χ1) is 9.36. The van der Waals surface area contributed by atoms with E-state index >= 15 is 0 Å². The van der Waals surface area contributed by atoms with Gasteiger partial charge in [-0.1, -0.05) is 42.5 Å². The molecule has 0 N–H and O–H groups in total. The zero-order valence-electron chi connectivity index (χ0n) is 11.1. The molecule has 2 heteroatoms. The molecule has 2 nitrogen and oxygen atoms in total. The maximum absolute atomic E-state index is 6.18. The van der Waals surface area contributed by atoms with Gasteiger partial charge in [0, 0.05) is 0 Å². The normalized spacial score (nSPS) is 22.4. The van der Waals surface area contributed by atoms with Crippen LogP contribution in [0.25, 0.3) is 0 Å². The summed E-state index contributed by atoms with van der Waals surface area (Å²) in [5, 5.41) is 0. The summed E-state index contributed by atoms with van der Waals surface area (Å²) in [4.78, 5) is 0. The van der Waals surface area contributed by atoms with Gasteiger partial charge in [-0.3, -0.25) is 0 Å². The summed E-state index contributed by atoms with van der Waals surface area (Å²) < 4.78 is 11.4. The van der Waals surface area contributed by atoms with Crippen molar-refractivity contribution in [2.45, 2.75) is 25.0 Å². The van der Waals surface area contributed by atoms with Gasteiger partial charge >= 0.3 is 0 Å². The number of methoxy groups -OCH3 is 1. The van der Waals surface area contributed by atoms with Crippen molar-refractivity contribution in [2.75, 3.05) is 7.11 Å². The molecule has 0 aliphatic carbocycles. The lowest BCUT2D eigenvalue weighted by atomic mass is 10.0. The Morgan fingerprint density at radius 3 is 2.32 bits per heavy atom. The maximum Gasteiger partial charge on any atom is 0.119 e. The van der Waals surface area contributed by atoms with E-state index in [0.29, 0.717) is 0 Å². The Morgan fingerprint density at radius 2 is 1.58 bits per heavy atom. The van der Waals surface area contributed by atoms with Crippen LogP contribution in [0.1, 0.15) is 36.2 Å². The van der Waals surface area contributed by atoms with Crippen molar-refractivity contribution in [3.63, 3.8) is 0 Å². The van der Waals surface area contributed by atoms with Gasteiger partial charge in [0.05, 0.1) is 19.3 Å². The lowest BCUT2D eigenvalue weighted by Crippen LogP contribution is -1.99. The van der Waals surface area contributed by atoms with Gasteiger partial charge in [-0.05, 0) is 36.1 Å². The largest absolute Gasteiger partial charge is 0.497 e. The molecule has 1 aliphatic heterocycles. The summed E-state index contributed by atoms with van der Waals surface area (Å²) in [6.45, 7) is 0. The first-order valence-electron chi connectivity index (χ1n) is 6.71. The molecule has 0 bridgehead atoms. The standard InChI is InChI=1S/C17H18O2/c1-18-15-9-5-8-14(12-15)17-11-10-16(19-17)13-6-3-2-4-7-13/h2-9,12,16-17H,10-11H2,1H3. The van der Waals surface area contributed by atoms with Crippen molar-refractivity contribution in [2.24, 2.45) is 0 Å². The highest BCUT2D eigenvalue weighted by atomic mass is 16.5. The van der Waals surface area contributed by atoms with Gasteiger partial charge in [-0.2, -0.15) is 0 Å². The van der Waals surface area contributed by atoms with Crippen LogP contribution in [0.15, 0.2) is 54.6 Å². The van der Waals surface area contributed by atoms with E-state index in [1.54, 1.807) is 7.11 Å². The monoisotopic (exact) mass is 254 g/mol. The number of hydrogen-bond donors (Lipinski definition) is 0. The van der Waals surface area contributed by atoms with Crippen LogP contribution in [0.2, 0.25) is 0 Å². The average molecular weight is 254 g/mol. The van der Waals surface area contributed by atoms with Crippen LogP contribution in [0.5, 0.6) is 5.75 Å². The van der Waals surface area contributed by atoms with E-state index in [2.05, 4.69) is 36.4 Å². The second-order valence-corrected chi connectivity index (χ2v) is 4.88. The first kappa shape index (κ1) is 12.2. The summed E-state index contributed by atoms with van der Waals surface area (Å²) in [6, 6.07) is 18.6. The fraction of sp³-hybridized carbons (Fsp3) is 0.294. The van der Waals surface area contributed by atoms with Crippen molar-refractivity contribution < 1.29 is 9.47 Å². The third-order valence-corrected chi connectivity index (χ3v) is 3.66. The molecule has 3 rings (SSSR count). The van der Waals surface area contributed by atoms with E-state index in [1.165, 1.54) is 11.1 Å². The minimum absolute atomic E-state index is 0.181. The van der Waals surface area contributed by atoms with E-state index in [0.717, 1.165) is 18.6 Å². The zero-order valence-corrected chi connectivity index (χ0v) is 11.1. The van der Waals surface area contributed by atoms with E-state index in [4.69, 9.17) is 9.47 Å². The minimum Gasteiger partial charge on any atom is -0.497 e.